The second-order valence-corrected chi connectivity index (χ2v) is 4.73. The van der Waals surface area contributed by atoms with Crippen LogP contribution in [0.4, 0.5) is 0 Å². The molecule has 0 bridgehead atoms. The van der Waals surface area contributed by atoms with E-state index < -0.39 is 0 Å². The fourth-order valence-electron chi connectivity index (χ4n) is 2.07. The highest BCUT2D eigenvalue weighted by Gasteiger charge is 2.05. The molecule has 19 heavy (non-hydrogen) atoms. The van der Waals surface area contributed by atoms with Crippen molar-refractivity contribution in [3.8, 4) is 0 Å². The number of hydrogen-bond donors (Lipinski definition) is 1. The number of fused-ring (bicyclic) bond motifs is 1. The predicted octanol–water partition coefficient (Wildman–Crippen LogP) is 3.54. The molecular weight excluding hydrogens is 236 g/mol. The van der Waals surface area contributed by atoms with Crippen molar-refractivity contribution < 1.29 is 4.79 Å². The van der Waals surface area contributed by atoms with Gasteiger partial charge in [-0.25, -0.2) is 0 Å². The third-order valence-corrected chi connectivity index (χ3v) is 3.18. The van der Waals surface area contributed by atoms with Crippen LogP contribution in [0, 0.1) is 0 Å². The standard InChI is InChI=1S/C16H20N2O/c1-2-3-4-5-10-18-16(19)14-8-9-15-13(12-14)7-6-11-17-15/h6-9,11-12H,2-5,10H2,1H3,(H,18,19). The Morgan fingerprint density at radius 2 is 2.11 bits per heavy atom. The molecule has 3 nitrogen and oxygen atoms in total. The van der Waals surface area contributed by atoms with Crippen LogP contribution in [0.25, 0.3) is 10.9 Å². The third kappa shape index (κ3) is 3.78. The number of aromatic nitrogens is 1. The van der Waals surface area contributed by atoms with Crippen LogP contribution in [0.15, 0.2) is 36.5 Å². The summed E-state index contributed by atoms with van der Waals surface area (Å²) in [5.41, 5.74) is 1.62. The van der Waals surface area contributed by atoms with Gasteiger partial charge in [-0.1, -0.05) is 32.3 Å². The minimum absolute atomic E-state index is 0.00208. The first-order valence-corrected chi connectivity index (χ1v) is 6.94. The van der Waals surface area contributed by atoms with Gasteiger partial charge in [-0.3, -0.25) is 9.78 Å². The van der Waals surface area contributed by atoms with Crippen LogP contribution in [0.5, 0.6) is 0 Å². The van der Waals surface area contributed by atoms with Crippen molar-refractivity contribution >= 4 is 16.8 Å². The number of carbonyl (C=O) groups is 1. The number of amides is 1. The number of carbonyl (C=O) groups excluding carboxylic acids is 1. The van der Waals surface area contributed by atoms with Crippen LogP contribution in [0.2, 0.25) is 0 Å². The van der Waals surface area contributed by atoms with Gasteiger partial charge in [0.1, 0.15) is 0 Å². The Hall–Kier alpha value is -1.90. The monoisotopic (exact) mass is 256 g/mol. The zero-order valence-corrected chi connectivity index (χ0v) is 11.4. The summed E-state index contributed by atoms with van der Waals surface area (Å²) in [5.74, 6) is 0.00208. The fourth-order valence-corrected chi connectivity index (χ4v) is 2.07. The van der Waals surface area contributed by atoms with E-state index in [1.165, 1.54) is 19.3 Å². The van der Waals surface area contributed by atoms with Crippen molar-refractivity contribution in [2.75, 3.05) is 6.54 Å². The minimum Gasteiger partial charge on any atom is -0.352 e. The number of hydrogen-bond acceptors (Lipinski definition) is 2. The number of nitrogens with one attached hydrogen (secondary N) is 1. The van der Waals surface area contributed by atoms with Gasteiger partial charge in [-0.05, 0) is 30.7 Å². The maximum absolute atomic E-state index is 12.0. The third-order valence-electron chi connectivity index (χ3n) is 3.18. The predicted molar refractivity (Wildman–Crippen MR) is 78.2 cm³/mol. The van der Waals surface area contributed by atoms with Crippen molar-refractivity contribution in [1.82, 2.24) is 10.3 Å². The summed E-state index contributed by atoms with van der Waals surface area (Å²) in [7, 11) is 0. The highest BCUT2D eigenvalue weighted by molar-refractivity contribution is 5.97. The molecule has 100 valence electrons. The first-order valence-electron chi connectivity index (χ1n) is 6.94. The van der Waals surface area contributed by atoms with Gasteiger partial charge in [-0.15, -0.1) is 0 Å². The molecule has 0 radical (unpaired) electrons. The van der Waals surface area contributed by atoms with E-state index in [4.69, 9.17) is 0 Å². The molecule has 1 heterocycles. The van der Waals surface area contributed by atoms with Crippen LogP contribution in [0.1, 0.15) is 43.0 Å². The molecule has 0 saturated carbocycles. The van der Waals surface area contributed by atoms with E-state index in [9.17, 15) is 4.79 Å². The molecule has 2 rings (SSSR count). The highest BCUT2D eigenvalue weighted by Crippen LogP contribution is 2.13. The fraction of sp³-hybridized carbons (Fsp3) is 0.375. The first kappa shape index (κ1) is 13.5. The van der Waals surface area contributed by atoms with Crippen LogP contribution in [0.3, 0.4) is 0 Å². The van der Waals surface area contributed by atoms with Crippen molar-refractivity contribution in [2.24, 2.45) is 0 Å². The van der Waals surface area contributed by atoms with Crippen molar-refractivity contribution in [2.45, 2.75) is 32.6 Å². The van der Waals surface area contributed by atoms with E-state index in [1.54, 1.807) is 6.20 Å². The second kappa shape index (κ2) is 6.88. The van der Waals surface area contributed by atoms with Crippen molar-refractivity contribution in [3.05, 3.63) is 42.1 Å². The summed E-state index contributed by atoms with van der Waals surface area (Å²) in [6.45, 7) is 2.94. The average molecular weight is 256 g/mol. The summed E-state index contributed by atoms with van der Waals surface area (Å²) >= 11 is 0. The molecule has 0 saturated heterocycles. The lowest BCUT2D eigenvalue weighted by molar-refractivity contribution is 0.0953. The maximum Gasteiger partial charge on any atom is 0.251 e. The van der Waals surface area contributed by atoms with E-state index in [-0.39, 0.29) is 5.91 Å². The SMILES string of the molecule is CCCCCCNC(=O)c1ccc2ncccc2c1. The van der Waals surface area contributed by atoms with Crippen LogP contribution >= 0.6 is 0 Å². The smallest absolute Gasteiger partial charge is 0.251 e. The molecule has 0 spiro atoms. The molecule has 0 atom stereocenters. The Balaban J connectivity index is 1.93. The molecule has 1 amide bonds. The summed E-state index contributed by atoms with van der Waals surface area (Å²) in [6, 6.07) is 9.47. The van der Waals surface area contributed by atoms with Gasteiger partial charge >= 0.3 is 0 Å². The zero-order valence-electron chi connectivity index (χ0n) is 11.4. The van der Waals surface area contributed by atoms with Crippen molar-refractivity contribution in [3.63, 3.8) is 0 Å². The van der Waals surface area contributed by atoms with Gasteiger partial charge in [0.2, 0.25) is 0 Å². The molecular formula is C16H20N2O. The van der Waals surface area contributed by atoms with Crippen LogP contribution in [-0.4, -0.2) is 17.4 Å². The molecule has 0 unspecified atom stereocenters. The first-order chi connectivity index (χ1) is 9.31. The number of rotatable bonds is 6. The molecule has 3 heteroatoms. The van der Waals surface area contributed by atoms with E-state index >= 15 is 0 Å². The van der Waals surface area contributed by atoms with Gasteiger partial charge < -0.3 is 5.32 Å². The molecule has 0 fully saturated rings. The topological polar surface area (TPSA) is 42.0 Å². The van der Waals surface area contributed by atoms with E-state index in [0.717, 1.165) is 23.9 Å². The van der Waals surface area contributed by atoms with Gasteiger partial charge in [-0.2, -0.15) is 0 Å². The Kier molecular flexibility index (Phi) is 4.90. The summed E-state index contributed by atoms with van der Waals surface area (Å²) in [4.78, 5) is 16.2. The Morgan fingerprint density at radius 1 is 1.21 bits per heavy atom. The molecule has 1 aromatic carbocycles. The Morgan fingerprint density at radius 3 is 2.95 bits per heavy atom. The second-order valence-electron chi connectivity index (χ2n) is 4.73. The van der Waals surface area contributed by atoms with Crippen LogP contribution < -0.4 is 5.32 Å². The van der Waals surface area contributed by atoms with Gasteiger partial charge in [0, 0.05) is 23.7 Å². The molecule has 0 aliphatic heterocycles. The van der Waals surface area contributed by atoms with Crippen LogP contribution in [-0.2, 0) is 0 Å². The lowest BCUT2D eigenvalue weighted by Crippen LogP contribution is -2.24. The van der Waals surface area contributed by atoms with E-state index in [2.05, 4.69) is 17.2 Å². The highest BCUT2D eigenvalue weighted by atomic mass is 16.1. The minimum atomic E-state index is 0.00208. The largest absolute Gasteiger partial charge is 0.352 e. The Bertz CT molecular complexity index is 551. The summed E-state index contributed by atoms with van der Waals surface area (Å²) in [5, 5.41) is 3.96. The Labute approximate surface area is 114 Å². The molecule has 0 aliphatic carbocycles. The zero-order chi connectivity index (χ0) is 13.5. The molecule has 1 aromatic heterocycles. The summed E-state index contributed by atoms with van der Waals surface area (Å²) < 4.78 is 0. The molecule has 2 aromatic rings. The van der Waals surface area contributed by atoms with E-state index in [0.29, 0.717) is 5.56 Å². The number of benzene rings is 1. The van der Waals surface area contributed by atoms with Gasteiger partial charge in [0.25, 0.3) is 5.91 Å². The lowest BCUT2D eigenvalue weighted by Gasteiger charge is -2.06. The van der Waals surface area contributed by atoms with E-state index in [1.807, 2.05) is 30.3 Å². The maximum atomic E-state index is 12.0. The molecule has 0 aliphatic rings. The number of pyridine rings is 1. The summed E-state index contributed by atoms with van der Waals surface area (Å²) in [6.07, 6.45) is 6.44. The number of unbranched alkanes of at least 4 members (excludes halogenated alkanes) is 3. The van der Waals surface area contributed by atoms with Gasteiger partial charge in [0.15, 0.2) is 0 Å². The lowest BCUT2D eigenvalue weighted by atomic mass is 10.1. The van der Waals surface area contributed by atoms with Gasteiger partial charge in [0.05, 0.1) is 5.52 Å². The average Bonchev–Trinajstić information content (AvgIpc) is 2.46. The normalized spacial score (nSPS) is 10.6. The number of nitrogens with zero attached hydrogens (tertiary/aromatic N) is 1. The van der Waals surface area contributed by atoms with Crippen molar-refractivity contribution in [1.29, 1.82) is 0 Å². The molecule has 1 N–H and O–H groups in total. The quantitative estimate of drug-likeness (QED) is 0.803.